The van der Waals surface area contributed by atoms with Crippen molar-refractivity contribution < 1.29 is 9.31 Å². The zero-order valence-corrected chi connectivity index (χ0v) is 12.9. The van der Waals surface area contributed by atoms with Gasteiger partial charge in [0.05, 0.1) is 16.9 Å². The van der Waals surface area contributed by atoms with Crippen LogP contribution in [0.25, 0.3) is 6.08 Å². The van der Waals surface area contributed by atoms with Crippen molar-refractivity contribution in [3.63, 3.8) is 0 Å². The number of aromatic nitrogens is 1. The second-order valence-electron chi connectivity index (χ2n) is 6.25. The van der Waals surface area contributed by atoms with E-state index in [2.05, 4.69) is 4.98 Å². The summed E-state index contributed by atoms with van der Waals surface area (Å²) in [4.78, 5) is 4.36. The van der Waals surface area contributed by atoms with Crippen molar-refractivity contribution in [2.45, 2.75) is 51.9 Å². The predicted octanol–water partition coefficient (Wildman–Crippen LogP) is 2.75. The maximum Gasteiger partial charge on any atom is 0.487 e. The lowest BCUT2D eigenvalue weighted by atomic mass is 9.89. The molecule has 108 valence electrons. The van der Waals surface area contributed by atoms with Crippen LogP contribution in [0.15, 0.2) is 24.3 Å². The Kier molecular flexibility index (Phi) is 4.05. The molecule has 2 heterocycles. The summed E-state index contributed by atoms with van der Waals surface area (Å²) >= 11 is 0. The number of nitrogens with zero attached hydrogens (tertiary/aromatic N) is 1. The van der Waals surface area contributed by atoms with Crippen LogP contribution in [0.4, 0.5) is 0 Å². The number of pyridine rings is 1. The van der Waals surface area contributed by atoms with E-state index in [4.69, 9.17) is 15.0 Å². The van der Waals surface area contributed by atoms with E-state index in [-0.39, 0.29) is 24.4 Å². The third-order valence-electron chi connectivity index (χ3n) is 4.04. The van der Waals surface area contributed by atoms with Gasteiger partial charge in [0.15, 0.2) is 0 Å². The van der Waals surface area contributed by atoms with Crippen LogP contribution in [-0.4, -0.2) is 23.3 Å². The fourth-order valence-corrected chi connectivity index (χ4v) is 2.09. The highest BCUT2D eigenvalue weighted by molar-refractivity contribution is 6.52. The molecule has 0 unspecified atom stereocenters. The molecule has 1 aromatic heterocycles. The fourth-order valence-electron chi connectivity index (χ4n) is 2.09. The van der Waals surface area contributed by atoms with E-state index in [1.54, 1.807) is 6.20 Å². The highest BCUT2D eigenvalue weighted by Crippen LogP contribution is 2.37. The average Bonchev–Trinajstić information content (AvgIpc) is 2.55. The van der Waals surface area contributed by atoms with Crippen molar-refractivity contribution in [2.75, 3.05) is 0 Å². The molecule has 1 fully saturated rings. The minimum absolute atomic E-state index is 0.0540. The number of hydrogen-bond acceptors (Lipinski definition) is 4. The Bertz CT molecular complexity index is 496. The lowest BCUT2D eigenvalue weighted by Crippen LogP contribution is -2.41. The van der Waals surface area contributed by atoms with Gasteiger partial charge < -0.3 is 15.0 Å². The molecule has 1 aliphatic heterocycles. The van der Waals surface area contributed by atoms with Crippen LogP contribution in [0.3, 0.4) is 0 Å². The molecule has 1 saturated heterocycles. The van der Waals surface area contributed by atoms with E-state index >= 15 is 0 Å². The average molecular weight is 274 g/mol. The lowest BCUT2D eigenvalue weighted by Gasteiger charge is -2.32. The standard InChI is InChI=1S/C15H23BN2O2/c1-11(17)12-7-6-10-18-13(12)8-9-16-19-14(2,3)15(4,5)20-16/h6-11H,17H2,1-5H3/b9-8+/t11-/m1/s1. The van der Waals surface area contributed by atoms with E-state index in [1.165, 1.54) is 0 Å². The summed E-state index contributed by atoms with van der Waals surface area (Å²) in [5, 5.41) is 0. The van der Waals surface area contributed by atoms with Crippen LogP contribution < -0.4 is 5.73 Å². The summed E-state index contributed by atoms with van der Waals surface area (Å²) in [5.41, 5.74) is 7.17. The van der Waals surface area contributed by atoms with Crippen molar-refractivity contribution in [1.82, 2.24) is 4.98 Å². The summed E-state index contributed by atoms with van der Waals surface area (Å²) in [6, 6.07) is 3.83. The topological polar surface area (TPSA) is 57.4 Å². The SMILES string of the molecule is C[C@@H](N)c1cccnc1/C=C/B1OC(C)(C)C(C)(C)O1. The van der Waals surface area contributed by atoms with Crippen LogP contribution in [0.2, 0.25) is 0 Å². The molecule has 2 N–H and O–H groups in total. The Morgan fingerprint density at radius 2 is 1.85 bits per heavy atom. The fraction of sp³-hybridized carbons (Fsp3) is 0.533. The normalized spacial score (nSPS) is 22.4. The third-order valence-corrected chi connectivity index (χ3v) is 4.04. The van der Waals surface area contributed by atoms with Crippen LogP contribution >= 0.6 is 0 Å². The first kappa shape index (κ1) is 15.2. The summed E-state index contributed by atoms with van der Waals surface area (Å²) in [6.07, 6.45) is 3.68. The van der Waals surface area contributed by atoms with E-state index in [9.17, 15) is 0 Å². The van der Waals surface area contributed by atoms with Crippen LogP contribution in [-0.2, 0) is 9.31 Å². The largest absolute Gasteiger partial charge is 0.487 e. The molecule has 0 bridgehead atoms. The summed E-state index contributed by atoms with van der Waals surface area (Å²) in [7, 11) is -0.358. The number of nitrogens with two attached hydrogens (primary N) is 1. The van der Waals surface area contributed by atoms with Gasteiger partial charge in [-0.3, -0.25) is 4.98 Å². The maximum atomic E-state index is 5.95. The smallest absolute Gasteiger partial charge is 0.400 e. The zero-order valence-electron chi connectivity index (χ0n) is 12.9. The number of rotatable bonds is 3. The van der Waals surface area contributed by atoms with Gasteiger partial charge in [-0.2, -0.15) is 0 Å². The van der Waals surface area contributed by atoms with Crippen molar-refractivity contribution in [1.29, 1.82) is 0 Å². The Morgan fingerprint density at radius 3 is 2.40 bits per heavy atom. The lowest BCUT2D eigenvalue weighted by molar-refractivity contribution is 0.00578. The highest BCUT2D eigenvalue weighted by Gasteiger charge is 2.50. The van der Waals surface area contributed by atoms with Gasteiger partial charge in [-0.15, -0.1) is 0 Å². The van der Waals surface area contributed by atoms with E-state index < -0.39 is 0 Å². The Morgan fingerprint density at radius 1 is 1.25 bits per heavy atom. The van der Waals surface area contributed by atoms with Crippen LogP contribution in [0.1, 0.15) is 51.9 Å². The van der Waals surface area contributed by atoms with Gasteiger partial charge in [0.2, 0.25) is 0 Å². The van der Waals surface area contributed by atoms with Gasteiger partial charge in [-0.25, -0.2) is 0 Å². The molecule has 0 aromatic carbocycles. The molecule has 0 amide bonds. The first-order valence-corrected chi connectivity index (χ1v) is 6.97. The predicted molar refractivity (Wildman–Crippen MR) is 82.0 cm³/mol. The zero-order chi connectivity index (χ0) is 15.0. The van der Waals surface area contributed by atoms with Gasteiger partial charge >= 0.3 is 7.12 Å². The molecule has 1 atom stereocenters. The summed E-state index contributed by atoms with van der Waals surface area (Å²) in [6.45, 7) is 10.1. The van der Waals surface area contributed by atoms with Gasteiger partial charge in [-0.1, -0.05) is 12.0 Å². The molecular weight excluding hydrogens is 251 g/mol. The Hall–Kier alpha value is -1.17. The molecule has 1 aliphatic rings. The van der Waals surface area contributed by atoms with E-state index in [1.807, 2.05) is 58.8 Å². The van der Waals surface area contributed by atoms with Crippen molar-refractivity contribution in [2.24, 2.45) is 5.73 Å². The van der Waals surface area contributed by atoms with Crippen LogP contribution in [0, 0.1) is 0 Å². The molecule has 0 spiro atoms. The quantitative estimate of drug-likeness (QED) is 0.861. The first-order chi connectivity index (χ1) is 9.23. The Labute approximate surface area is 121 Å². The molecule has 0 aliphatic carbocycles. The molecular formula is C15H23BN2O2. The molecule has 20 heavy (non-hydrogen) atoms. The highest BCUT2D eigenvalue weighted by atomic mass is 16.7. The van der Waals surface area contributed by atoms with Gasteiger partial charge in [0.25, 0.3) is 0 Å². The monoisotopic (exact) mass is 274 g/mol. The van der Waals surface area contributed by atoms with Gasteiger partial charge in [0.1, 0.15) is 0 Å². The Balaban J connectivity index is 2.16. The van der Waals surface area contributed by atoms with E-state index in [0.29, 0.717) is 0 Å². The second-order valence-corrected chi connectivity index (χ2v) is 6.25. The van der Waals surface area contributed by atoms with Crippen molar-refractivity contribution in [3.8, 4) is 0 Å². The molecule has 2 rings (SSSR count). The second kappa shape index (κ2) is 5.32. The summed E-state index contributed by atoms with van der Waals surface area (Å²) < 4.78 is 11.8. The molecule has 0 radical (unpaired) electrons. The maximum absolute atomic E-state index is 5.95. The molecule has 1 aromatic rings. The molecule has 5 heteroatoms. The van der Waals surface area contributed by atoms with Crippen molar-refractivity contribution in [3.05, 3.63) is 35.6 Å². The first-order valence-electron chi connectivity index (χ1n) is 6.97. The van der Waals surface area contributed by atoms with Gasteiger partial charge in [-0.05, 0) is 52.3 Å². The number of hydrogen-bond donors (Lipinski definition) is 1. The summed E-state index contributed by atoms with van der Waals surface area (Å²) in [5.74, 6) is 1.89. The molecule has 4 nitrogen and oxygen atoms in total. The van der Waals surface area contributed by atoms with Gasteiger partial charge in [0, 0.05) is 12.2 Å². The third kappa shape index (κ3) is 2.95. The minimum atomic E-state index is -0.358. The molecule has 0 saturated carbocycles. The van der Waals surface area contributed by atoms with Crippen LogP contribution in [0.5, 0.6) is 0 Å². The minimum Gasteiger partial charge on any atom is -0.400 e. The van der Waals surface area contributed by atoms with Crippen molar-refractivity contribution >= 4 is 13.2 Å². The van der Waals surface area contributed by atoms with E-state index in [0.717, 1.165) is 11.3 Å².